The fourth-order valence-electron chi connectivity index (χ4n) is 2.62. The molecule has 1 N–H and O–H groups in total. The van der Waals surface area contributed by atoms with Crippen molar-refractivity contribution in [2.24, 2.45) is 0 Å². The van der Waals surface area contributed by atoms with E-state index in [1.165, 1.54) is 6.20 Å². The van der Waals surface area contributed by atoms with Crippen molar-refractivity contribution in [1.82, 2.24) is 35.4 Å². The molecule has 1 fully saturated rings. The van der Waals surface area contributed by atoms with E-state index >= 15 is 0 Å². The van der Waals surface area contributed by atoms with Crippen LogP contribution in [0.1, 0.15) is 49.4 Å². The number of aromatic amines is 1. The van der Waals surface area contributed by atoms with E-state index in [1.54, 1.807) is 0 Å². The Bertz CT molecular complexity index is 674. The Hall–Kier alpha value is -2.29. The molecule has 9 nitrogen and oxygen atoms in total. The zero-order valence-electron chi connectivity index (χ0n) is 14.3. The number of hydrogen-bond acceptors (Lipinski definition) is 7. The number of amides is 1. The Labute approximate surface area is 140 Å². The molecule has 2 aromatic heterocycles. The van der Waals surface area contributed by atoms with Gasteiger partial charge in [-0.05, 0) is 6.42 Å². The molecule has 0 aliphatic carbocycles. The normalized spacial score (nSPS) is 17.0. The quantitative estimate of drug-likeness (QED) is 0.887. The van der Waals surface area contributed by atoms with Crippen LogP contribution in [0.25, 0.3) is 0 Å². The van der Waals surface area contributed by atoms with Gasteiger partial charge in [-0.3, -0.25) is 9.69 Å². The molecule has 1 aliphatic rings. The van der Waals surface area contributed by atoms with Gasteiger partial charge in [0.2, 0.25) is 5.89 Å². The van der Waals surface area contributed by atoms with Gasteiger partial charge in [0.25, 0.3) is 5.91 Å². The molecule has 3 heterocycles. The zero-order chi connectivity index (χ0) is 17.2. The van der Waals surface area contributed by atoms with Crippen LogP contribution in [-0.2, 0) is 12.0 Å². The number of nitrogens with one attached hydrogen (secondary N) is 1. The average molecular weight is 333 g/mol. The lowest BCUT2D eigenvalue weighted by molar-refractivity contribution is 0.0755. The van der Waals surface area contributed by atoms with Crippen molar-refractivity contribution in [1.29, 1.82) is 0 Å². The number of H-pyrrole nitrogens is 1. The first-order valence-electron chi connectivity index (χ1n) is 8.14. The topological polar surface area (TPSA) is 104 Å². The van der Waals surface area contributed by atoms with Crippen LogP contribution < -0.4 is 0 Å². The van der Waals surface area contributed by atoms with Gasteiger partial charge in [-0.15, -0.1) is 0 Å². The summed E-state index contributed by atoms with van der Waals surface area (Å²) in [7, 11) is 0. The van der Waals surface area contributed by atoms with Crippen LogP contribution in [-0.4, -0.2) is 67.4 Å². The van der Waals surface area contributed by atoms with Crippen molar-refractivity contribution in [2.75, 3.05) is 26.2 Å². The molecule has 0 atom stereocenters. The van der Waals surface area contributed by atoms with E-state index in [1.807, 2.05) is 25.7 Å². The highest BCUT2D eigenvalue weighted by molar-refractivity contribution is 5.91. The van der Waals surface area contributed by atoms with Crippen LogP contribution in [0.2, 0.25) is 0 Å². The summed E-state index contributed by atoms with van der Waals surface area (Å²) >= 11 is 0. The highest BCUT2D eigenvalue weighted by atomic mass is 16.5. The molecule has 0 bridgehead atoms. The van der Waals surface area contributed by atoms with Crippen molar-refractivity contribution in [3.8, 4) is 0 Å². The second-order valence-electron chi connectivity index (χ2n) is 7.04. The third-order valence-electron chi connectivity index (χ3n) is 3.98. The van der Waals surface area contributed by atoms with E-state index in [-0.39, 0.29) is 11.3 Å². The minimum atomic E-state index is -0.148. The Kier molecular flexibility index (Phi) is 4.61. The third-order valence-corrected chi connectivity index (χ3v) is 3.98. The monoisotopic (exact) mass is 333 g/mol. The Balaban J connectivity index is 1.58. The van der Waals surface area contributed by atoms with Gasteiger partial charge in [0.05, 0.1) is 12.7 Å². The van der Waals surface area contributed by atoms with Gasteiger partial charge < -0.3 is 9.42 Å². The Morgan fingerprint density at radius 1 is 1.29 bits per heavy atom. The van der Waals surface area contributed by atoms with Gasteiger partial charge in [0.15, 0.2) is 11.5 Å². The van der Waals surface area contributed by atoms with Crippen LogP contribution in [0.15, 0.2) is 10.7 Å². The van der Waals surface area contributed by atoms with Crippen molar-refractivity contribution in [2.45, 2.75) is 39.2 Å². The van der Waals surface area contributed by atoms with E-state index in [0.29, 0.717) is 37.0 Å². The summed E-state index contributed by atoms with van der Waals surface area (Å²) < 4.78 is 5.34. The standard InChI is InChI=1S/C15H23N7O2/c1-15(2,3)14-17-12(19-24-14)10-21-5-4-6-22(8-7-21)13(23)11-9-16-20-18-11/h9H,4-8,10H2,1-3H3,(H,16,18,20). The molecule has 0 radical (unpaired) electrons. The SMILES string of the molecule is CC(C)(C)c1nc(CN2CCCN(C(=O)c3cn[nH]n3)CC2)no1. The van der Waals surface area contributed by atoms with Crippen LogP contribution in [0.5, 0.6) is 0 Å². The van der Waals surface area contributed by atoms with E-state index in [9.17, 15) is 4.79 Å². The van der Waals surface area contributed by atoms with Gasteiger partial charge in [0.1, 0.15) is 0 Å². The van der Waals surface area contributed by atoms with Gasteiger partial charge in [-0.1, -0.05) is 25.9 Å². The second kappa shape index (κ2) is 6.68. The molecule has 9 heteroatoms. The van der Waals surface area contributed by atoms with Crippen LogP contribution in [0.4, 0.5) is 0 Å². The molecule has 0 aromatic carbocycles. The third kappa shape index (κ3) is 3.78. The fraction of sp³-hybridized carbons (Fsp3) is 0.667. The lowest BCUT2D eigenvalue weighted by Crippen LogP contribution is -2.35. The number of nitrogens with zero attached hydrogens (tertiary/aromatic N) is 6. The predicted molar refractivity (Wildman–Crippen MR) is 85.2 cm³/mol. The number of carbonyl (C=O) groups is 1. The molecule has 3 rings (SSSR count). The summed E-state index contributed by atoms with van der Waals surface area (Å²) in [6.45, 7) is 9.78. The number of carbonyl (C=O) groups excluding carboxylic acids is 1. The fourth-order valence-corrected chi connectivity index (χ4v) is 2.62. The van der Waals surface area contributed by atoms with Crippen LogP contribution in [0.3, 0.4) is 0 Å². The van der Waals surface area contributed by atoms with Gasteiger partial charge >= 0.3 is 0 Å². The maximum Gasteiger partial charge on any atom is 0.276 e. The highest BCUT2D eigenvalue weighted by Crippen LogP contribution is 2.20. The van der Waals surface area contributed by atoms with E-state index in [4.69, 9.17) is 4.52 Å². The minimum Gasteiger partial charge on any atom is -0.339 e. The molecule has 0 saturated carbocycles. The predicted octanol–water partition coefficient (Wildman–Crippen LogP) is 0.833. The van der Waals surface area contributed by atoms with Crippen molar-refractivity contribution in [3.05, 3.63) is 23.6 Å². The lowest BCUT2D eigenvalue weighted by Gasteiger charge is -2.20. The number of rotatable bonds is 3. The smallest absolute Gasteiger partial charge is 0.276 e. The summed E-state index contributed by atoms with van der Waals surface area (Å²) in [5.41, 5.74) is 0.210. The molecule has 1 saturated heterocycles. The van der Waals surface area contributed by atoms with Gasteiger partial charge in [-0.25, -0.2) is 0 Å². The van der Waals surface area contributed by atoms with Crippen molar-refractivity contribution < 1.29 is 9.32 Å². The molecule has 0 spiro atoms. The summed E-state index contributed by atoms with van der Waals surface area (Å²) in [6, 6.07) is 0. The summed E-state index contributed by atoms with van der Waals surface area (Å²) in [5.74, 6) is 1.26. The van der Waals surface area contributed by atoms with E-state index in [2.05, 4.69) is 30.5 Å². The maximum absolute atomic E-state index is 12.3. The van der Waals surface area contributed by atoms with Crippen LogP contribution in [0, 0.1) is 0 Å². The molecule has 1 aliphatic heterocycles. The molecule has 2 aromatic rings. The molecule has 130 valence electrons. The highest BCUT2D eigenvalue weighted by Gasteiger charge is 2.25. The Morgan fingerprint density at radius 3 is 2.79 bits per heavy atom. The molecule has 1 amide bonds. The molecular formula is C15H23N7O2. The first-order valence-corrected chi connectivity index (χ1v) is 8.14. The molecular weight excluding hydrogens is 310 g/mol. The van der Waals surface area contributed by atoms with Crippen molar-refractivity contribution >= 4 is 5.91 Å². The first kappa shape index (κ1) is 16.6. The number of hydrogen-bond donors (Lipinski definition) is 1. The van der Waals surface area contributed by atoms with E-state index in [0.717, 1.165) is 19.5 Å². The van der Waals surface area contributed by atoms with E-state index < -0.39 is 0 Å². The molecule has 0 unspecified atom stereocenters. The van der Waals surface area contributed by atoms with Crippen LogP contribution >= 0.6 is 0 Å². The Morgan fingerprint density at radius 2 is 2.12 bits per heavy atom. The summed E-state index contributed by atoms with van der Waals surface area (Å²) in [4.78, 5) is 20.9. The molecule has 24 heavy (non-hydrogen) atoms. The van der Waals surface area contributed by atoms with Gasteiger partial charge in [0, 0.05) is 31.6 Å². The largest absolute Gasteiger partial charge is 0.339 e. The second-order valence-corrected chi connectivity index (χ2v) is 7.04. The zero-order valence-corrected chi connectivity index (χ0v) is 14.3. The first-order chi connectivity index (χ1) is 11.4. The van der Waals surface area contributed by atoms with Gasteiger partial charge in [-0.2, -0.15) is 20.4 Å². The average Bonchev–Trinajstić information content (AvgIpc) is 3.15. The maximum atomic E-state index is 12.3. The number of aromatic nitrogens is 5. The lowest BCUT2D eigenvalue weighted by atomic mass is 9.97. The van der Waals surface area contributed by atoms with Crippen molar-refractivity contribution in [3.63, 3.8) is 0 Å². The summed E-state index contributed by atoms with van der Waals surface area (Å²) in [6.07, 6.45) is 2.35. The minimum absolute atomic E-state index is 0.0832. The summed E-state index contributed by atoms with van der Waals surface area (Å²) in [5, 5.41) is 14.1.